The van der Waals surface area contributed by atoms with Gasteiger partial charge in [0.2, 0.25) is 10.0 Å². The van der Waals surface area contributed by atoms with Crippen LogP contribution in [0.2, 0.25) is 0 Å². The molecule has 0 radical (unpaired) electrons. The van der Waals surface area contributed by atoms with Crippen LogP contribution < -0.4 is 4.72 Å². The quantitative estimate of drug-likeness (QED) is 0.573. The lowest BCUT2D eigenvalue weighted by Crippen LogP contribution is -2.30. The summed E-state index contributed by atoms with van der Waals surface area (Å²) >= 11 is 0. The first-order chi connectivity index (χ1) is 11.3. The summed E-state index contributed by atoms with van der Waals surface area (Å²) in [5.41, 5.74) is 1.63. The topological polar surface area (TPSA) is 107 Å². The summed E-state index contributed by atoms with van der Waals surface area (Å²) in [6.07, 6.45) is 0.603. The van der Waals surface area contributed by atoms with Crippen molar-refractivity contribution in [3.8, 4) is 0 Å². The van der Waals surface area contributed by atoms with Gasteiger partial charge in [-0.15, -0.1) is 0 Å². The Morgan fingerprint density at radius 2 is 1.92 bits per heavy atom. The Bertz CT molecular complexity index is 815. The van der Waals surface area contributed by atoms with Gasteiger partial charge in [0, 0.05) is 6.54 Å². The summed E-state index contributed by atoms with van der Waals surface area (Å²) < 4.78 is 28.0. The molecule has 1 N–H and O–H groups in total. The Kier molecular flexibility index (Phi) is 5.68. The van der Waals surface area contributed by atoms with Gasteiger partial charge in [-0.25, -0.2) is 13.1 Å². The van der Waals surface area contributed by atoms with Gasteiger partial charge in [-0.05, 0) is 25.8 Å². The van der Waals surface area contributed by atoms with Crippen LogP contribution in [-0.2, 0) is 23.0 Å². The Morgan fingerprint density at radius 1 is 1.25 bits per heavy atom. The predicted octanol–water partition coefficient (Wildman–Crippen LogP) is 1.57. The molecule has 24 heavy (non-hydrogen) atoms. The highest BCUT2D eigenvalue weighted by molar-refractivity contribution is 7.89. The Labute approximate surface area is 140 Å². The first kappa shape index (κ1) is 18.1. The average molecular weight is 352 g/mol. The number of benzene rings is 1. The number of aromatic nitrogens is 2. The maximum atomic E-state index is 12.0. The Hall–Kier alpha value is -2.26. The van der Waals surface area contributed by atoms with E-state index in [-0.39, 0.29) is 23.7 Å². The minimum absolute atomic E-state index is 0.0653. The molecule has 1 aromatic heterocycles. The normalized spacial score (nSPS) is 11.6. The fraction of sp³-hybridized carbons (Fsp3) is 0.400. The molecule has 0 spiro atoms. The number of nitro groups is 1. The predicted molar refractivity (Wildman–Crippen MR) is 90.3 cm³/mol. The third kappa shape index (κ3) is 4.62. The van der Waals surface area contributed by atoms with Gasteiger partial charge in [-0.2, -0.15) is 5.10 Å². The summed E-state index contributed by atoms with van der Waals surface area (Å²) in [7, 11) is -3.47. The molecule has 0 aliphatic rings. The van der Waals surface area contributed by atoms with Crippen molar-refractivity contribution in [2.45, 2.75) is 26.8 Å². The van der Waals surface area contributed by atoms with Crippen molar-refractivity contribution >= 4 is 15.7 Å². The maximum Gasteiger partial charge on any atom is 0.312 e. The van der Waals surface area contributed by atoms with Crippen LogP contribution >= 0.6 is 0 Å². The summed E-state index contributed by atoms with van der Waals surface area (Å²) in [6.45, 7) is 3.48. The second-order valence-electron chi connectivity index (χ2n) is 5.45. The van der Waals surface area contributed by atoms with E-state index in [1.54, 1.807) is 6.92 Å². The second kappa shape index (κ2) is 7.54. The smallest absolute Gasteiger partial charge is 0.261 e. The number of hydrogen-bond acceptors (Lipinski definition) is 5. The lowest BCUT2D eigenvalue weighted by molar-refractivity contribution is -0.386. The molecule has 0 bridgehead atoms. The van der Waals surface area contributed by atoms with Crippen LogP contribution in [0.1, 0.15) is 17.0 Å². The van der Waals surface area contributed by atoms with E-state index in [1.807, 2.05) is 30.3 Å². The molecule has 1 aromatic carbocycles. The zero-order chi connectivity index (χ0) is 17.7. The SMILES string of the molecule is Cc1nn(CCS(=O)(=O)NCCc2ccccc2)c(C)c1[N+](=O)[O-]. The summed E-state index contributed by atoms with van der Waals surface area (Å²) in [4.78, 5) is 10.5. The third-order valence-corrected chi connectivity index (χ3v) is 5.04. The van der Waals surface area contributed by atoms with Crippen molar-refractivity contribution < 1.29 is 13.3 Å². The molecule has 0 aliphatic carbocycles. The molecule has 1 heterocycles. The van der Waals surface area contributed by atoms with Gasteiger partial charge in [0.1, 0.15) is 11.4 Å². The molecule has 2 aromatic rings. The zero-order valence-corrected chi connectivity index (χ0v) is 14.4. The van der Waals surface area contributed by atoms with E-state index in [9.17, 15) is 18.5 Å². The molecule has 0 saturated heterocycles. The summed E-state index contributed by atoms with van der Waals surface area (Å²) in [5, 5.41) is 15.0. The highest BCUT2D eigenvalue weighted by Crippen LogP contribution is 2.21. The van der Waals surface area contributed by atoms with Crippen LogP contribution in [-0.4, -0.2) is 35.4 Å². The summed E-state index contributed by atoms with van der Waals surface area (Å²) in [5.74, 6) is -0.180. The lowest BCUT2D eigenvalue weighted by atomic mass is 10.2. The van der Waals surface area contributed by atoms with Crippen molar-refractivity contribution in [2.75, 3.05) is 12.3 Å². The minimum Gasteiger partial charge on any atom is -0.261 e. The Morgan fingerprint density at radius 3 is 2.50 bits per heavy atom. The number of sulfonamides is 1. The molecule has 0 amide bonds. The van der Waals surface area contributed by atoms with E-state index in [0.29, 0.717) is 18.7 Å². The molecule has 0 saturated carbocycles. The van der Waals surface area contributed by atoms with Crippen molar-refractivity contribution in [3.05, 3.63) is 57.4 Å². The van der Waals surface area contributed by atoms with Gasteiger partial charge < -0.3 is 0 Å². The van der Waals surface area contributed by atoms with E-state index in [1.165, 1.54) is 11.6 Å². The zero-order valence-electron chi connectivity index (χ0n) is 13.6. The van der Waals surface area contributed by atoms with E-state index >= 15 is 0 Å². The Balaban J connectivity index is 1.91. The molecular formula is C15H20N4O4S. The van der Waals surface area contributed by atoms with E-state index in [4.69, 9.17) is 0 Å². The van der Waals surface area contributed by atoms with Gasteiger partial charge in [0.05, 0.1) is 17.2 Å². The number of hydrogen-bond donors (Lipinski definition) is 1. The first-order valence-corrected chi connectivity index (χ1v) is 9.15. The second-order valence-corrected chi connectivity index (χ2v) is 7.37. The van der Waals surface area contributed by atoms with Crippen molar-refractivity contribution in [3.63, 3.8) is 0 Å². The minimum atomic E-state index is -3.47. The third-order valence-electron chi connectivity index (χ3n) is 3.68. The van der Waals surface area contributed by atoms with Crippen LogP contribution in [0.3, 0.4) is 0 Å². The van der Waals surface area contributed by atoms with Crippen LogP contribution in [0.5, 0.6) is 0 Å². The number of nitrogens with zero attached hydrogens (tertiary/aromatic N) is 3. The molecule has 2 rings (SSSR count). The van der Waals surface area contributed by atoms with Crippen LogP contribution in [0.4, 0.5) is 5.69 Å². The number of rotatable bonds is 8. The van der Waals surface area contributed by atoms with E-state index in [2.05, 4.69) is 9.82 Å². The van der Waals surface area contributed by atoms with E-state index < -0.39 is 14.9 Å². The lowest BCUT2D eigenvalue weighted by Gasteiger charge is -2.08. The molecule has 9 heteroatoms. The highest BCUT2D eigenvalue weighted by atomic mass is 32.2. The maximum absolute atomic E-state index is 12.0. The monoisotopic (exact) mass is 352 g/mol. The standard InChI is InChI=1S/C15H20N4O4S/c1-12-15(19(20)21)13(2)18(17-12)10-11-24(22,23)16-9-8-14-6-4-3-5-7-14/h3-7,16H,8-11H2,1-2H3. The molecule has 0 fully saturated rings. The van der Waals surface area contributed by atoms with Crippen molar-refractivity contribution in [1.82, 2.24) is 14.5 Å². The number of nitrogens with one attached hydrogen (secondary N) is 1. The molecule has 130 valence electrons. The van der Waals surface area contributed by atoms with Crippen molar-refractivity contribution in [2.24, 2.45) is 0 Å². The molecular weight excluding hydrogens is 332 g/mol. The van der Waals surface area contributed by atoms with Crippen LogP contribution in [0.25, 0.3) is 0 Å². The molecule has 8 nitrogen and oxygen atoms in total. The van der Waals surface area contributed by atoms with Crippen molar-refractivity contribution in [1.29, 1.82) is 0 Å². The molecule has 0 atom stereocenters. The van der Waals surface area contributed by atoms with Gasteiger partial charge >= 0.3 is 5.69 Å². The average Bonchev–Trinajstić information content (AvgIpc) is 2.80. The highest BCUT2D eigenvalue weighted by Gasteiger charge is 2.22. The molecule has 0 aliphatic heterocycles. The van der Waals surface area contributed by atoms with E-state index in [0.717, 1.165) is 5.56 Å². The van der Waals surface area contributed by atoms with Gasteiger partial charge in [0.25, 0.3) is 0 Å². The van der Waals surface area contributed by atoms with Crippen LogP contribution in [0.15, 0.2) is 30.3 Å². The van der Waals surface area contributed by atoms with Gasteiger partial charge in [0.15, 0.2) is 0 Å². The summed E-state index contributed by atoms with van der Waals surface area (Å²) in [6, 6.07) is 9.58. The van der Waals surface area contributed by atoms with Gasteiger partial charge in [-0.1, -0.05) is 30.3 Å². The van der Waals surface area contributed by atoms with Gasteiger partial charge in [-0.3, -0.25) is 14.8 Å². The largest absolute Gasteiger partial charge is 0.312 e. The van der Waals surface area contributed by atoms with Crippen LogP contribution in [0, 0.1) is 24.0 Å². The fourth-order valence-electron chi connectivity index (χ4n) is 2.44. The number of aryl methyl sites for hydroxylation is 2. The first-order valence-electron chi connectivity index (χ1n) is 7.50. The fourth-order valence-corrected chi connectivity index (χ4v) is 3.41. The molecule has 0 unspecified atom stereocenters.